The number of fused-ring (bicyclic) bond motifs is 1. The number of hydrogen-bond acceptors (Lipinski definition) is 9. The van der Waals surface area contributed by atoms with E-state index in [0.29, 0.717) is 39.0 Å². The van der Waals surface area contributed by atoms with E-state index in [1.54, 1.807) is 42.5 Å². The van der Waals surface area contributed by atoms with E-state index in [1.165, 1.54) is 22.9 Å². The van der Waals surface area contributed by atoms with Crippen molar-refractivity contribution in [1.29, 1.82) is 10.8 Å². The molecule has 1 aromatic heterocycles. The summed E-state index contributed by atoms with van der Waals surface area (Å²) in [5, 5.41) is 20.2. The van der Waals surface area contributed by atoms with Crippen LogP contribution in [0.15, 0.2) is 71.7 Å². The molecule has 2 aliphatic heterocycles. The summed E-state index contributed by atoms with van der Waals surface area (Å²) in [6.07, 6.45) is 4.83. The lowest BCUT2D eigenvalue weighted by atomic mass is 9.99. The van der Waals surface area contributed by atoms with E-state index in [0.717, 1.165) is 63.7 Å². The lowest BCUT2D eigenvalue weighted by molar-refractivity contribution is 0.0238. The van der Waals surface area contributed by atoms with Crippen LogP contribution in [0.2, 0.25) is 0 Å². The largest absolute Gasteiger partial charge is 0.457 e. The first-order valence-corrected chi connectivity index (χ1v) is 17.5. The summed E-state index contributed by atoms with van der Waals surface area (Å²) in [6, 6.07) is 17.1. The molecule has 0 atom stereocenters. The third-order valence-electron chi connectivity index (χ3n) is 9.13. The Balaban J connectivity index is 1.25. The zero-order valence-corrected chi connectivity index (χ0v) is 28.5. The van der Waals surface area contributed by atoms with Crippen molar-refractivity contribution in [3.05, 3.63) is 99.7 Å². The molecule has 4 aromatic rings. The number of carbonyl (C=O) groups excluding carboxylic acids is 1. The molecule has 1 amide bonds. The van der Waals surface area contributed by atoms with Gasteiger partial charge in [-0.05, 0) is 74.2 Å². The van der Waals surface area contributed by atoms with Gasteiger partial charge in [0.05, 0.1) is 34.4 Å². The van der Waals surface area contributed by atoms with Gasteiger partial charge in [-0.1, -0.05) is 37.7 Å². The number of nitrogens with one attached hydrogen (secondary N) is 3. The van der Waals surface area contributed by atoms with E-state index in [9.17, 15) is 9.59 Å². The van der Waals surface area contributed by atoms with E-state index in [-0.39, 0.29) is 40.4 Å². The molecule has 2 saturated heterocycles. The lowest BCUT2D eigenvalue weighted by Crippen LogP contribution is -2.49. The van der Waals surface area contributed by atoms with Crippen LogP contribution in [0.3, 0.4) is 0 Å². The summed E-state index contributed by atoms with van der Waals surface area (Å²) in [5.74, 6) is -0.566. The summed E-state index contributed by atoms with van der Waals surface area (Å²) >= 11 is 1.10. The molecule has 10 nitrogen and oxygen atoms in total. The van der Waals surface area contributed by atoms with E-state index in [4.69, 9.17) is 20.3 Å². The molecule has 256 valence electrons. The number of rotatable bonds is 9. The molecule has 0 bridgehead atoms. The number of para-hydroxylation sites is 2. The number of piperidine rings is 1. The number of thioether (sulfide) groups is 1. The highest BCUT2D eigenvalue weighted by atomic mass is 32.2. The van der Waals surface area contributed by atoms with Gasteiger partial charge in [0, 0.05) is 55.4 Å². The molecule has 3 heterocycles. The van der Waals surface area contributed by atoms with Crippen LogP contribution < -0.4 is 15.6 Å². The van der Waals surface area contributed by atoms with E-state index in [1.807, 2.05) is 19.9 Å². The molecule has 0 spiro atoms. The minimum absolute atomic E-state index is 0.0165. The maximum absolute atomic E-state index is 15.8. The Bertz CT molecular complexity index is 1900. The van der Waals surface area contributed by atoms with Crippen molar-refractivity contribution in [3.63, 3.8) is 0 Å². The number of aromatic nitrogens is 2. The third kappa shape index (κ3) is 8.26. The Hall–Kier alpha value is -4.39. The normalized spacial score (nSPS) is 16.2. The first-order valence-electron chi connectivity index (χ1n) is 16.7. The van der Waals surface area contributed by atoms with Crippen molar-refractivity contribution in [1.82, 2.24) is 19.8 Å². The van der Waals surface area contributed by atoms with Crippen molar-refractivity contribution < 1.29 is 18.7 Å². The van der Waals surface area contributed by atoms with Gasteiger partial charge in [0.25, 0.3) is 11.5 Å². The summed E-state index contributed by atoms with van der Waals surface area (Å²) < 4.78 is 29.1. The molecular formula is C37H41FN6O4S. The van der Waals surface area contributed by atoms with Crippen LogP contribution in [0.25, 0.3) is 11.0 Å². The molecule has 0 aliphatic carbocycles. The van der Waals surface area contributed by atoms with Gasteiger partial charge in [-0.3, -0.25) is 20.4 Å². The first kappa shape index (κ1) is 34.5. The first-order chi connectivity index (χ1) is 23.7. The highest BCUT2D eigenvalue weighted by Gasteiger charge is 2.28. The van der Waals surface area contributed by atoms with Crippen LogP contribution in [0, 0.1) is 22.6 Å². The quantitative estimate of drug-likeness (QED) is 0.137. The lowest BCUT2D eigenvalue weighted by Gasteiger charge is -2.39. The van der Waals surface area contributed by atoms with Gasteiger partial charge in [0.2, 0.25) is 0 Å². The van der Waals surface area contributed by atoms with E-state index < -0.39 is 11.7 Å². The van der Waals surface area contributed by atoms with Gasteiger partial charge in [-0.2, -0.15) is 0 Å². The number of nitrogens with zero attached hydrogens (tertiary/aromatic N) is 3. The second-order valence-corrected chi connectivity index (χ2v) is 13.9. The predicted molar refractivity (Wildman–Crippen MR) is 191 cm³/mol. The fraction of sp³-hybridized carbons (Fsp3) is 0.378. The Morgan fingerprint density at radius 3 is 2.49 bits per heavy atom. The monoisotopic (exact) mass is 684 g/mol. The van der Waals surface area contributed by atoms with Crippen LogP contribution in [0.4, 0.5) is 4.39 Å². The molecule has 2 aliphatic rings. The zero-order chi connectivity index (χ0) is 34.5. The number of benzene rings is 3. The summed E-state index contributed by atoms with van der Waals surface area (Å²) in [7, 11) is 0. The maximum Gasteiger partial charge on any atom is 0.269 e. The van der Waals surface area contributed by atoms with Gasteiger partial charge in [0.15, 0.2) is 0 Å². The second kappa shape index (κ2) is 15.4. The maximum atomic E-state index is 15.8. The van der Waals surface area contributed by atoms with E-state index >= 15 is 4.39 Å². The molecule has 0 saturated carbocycles. The standard InChI is InChI=1S/C37H41FN6O4S/c1-23(2)35(39)49-36(40)24-7-9-28(10-8-24)48-33-20-29(37(46)42-26-11-15-43(16-12-26)27-13-17-47-18-14-27)30(38)19-25(33)22-44-32-6-4-3-5-31(32)41-21-34(44)45/h3-10,19-21,23,26-27,39-40H,11-18,22H2,1-2H3,(H,42,46). The molecule has 0 unspecified atom stereocenters. The van der Waals surface area contributed by atoms with Crippen LogP contribution in [-0.2, 0) is 11.3 Å². The van der Waals surface area contributed by atoms with Crippen LogP contribution in [-0.4, -0.2) is 68.8 Å². The Morgan fingerprint density at radius 2 is 1.78 bits per heavy atom. The van der Waals surface area contributed by atoms with E-state index in [2.05, 4.69) is 15.2 Å². The molecule has 0 radical (unpaired) electrons. The topological polar surface area (TPSA) is 133 Å². The van der Waals surface area contributed by atoms with Crippen molar-refractivity contribution >= 4 is 38.8 Å². The van der Waals surface area contributed by atoms with Crippen molar-refractivity contribution in [3.8, 4) is 11.5 Å². The van der Waals surface area contributed by atoms with Crippen molar-refractivity contribution in [2.24, 2.45) is 5.92 Å². The molecule has 6 rings (SSSR count). The minimum Gasteiger partial charge on any atom is -0.457 e. The second-order valence-electron chi connectivity index (χ2n) is 12.8. The average molecular weight is 685 g/mol. The van der Waals surface area contributed by atoms with Gasteiger partial charge in [-0.15, -0.1) is 0 Å². The van der Waals surface area contributed by atoms with Gasteiger partial charge in [0.1, 0.15) is 22.4 Å². The number of hydrogen-bond donors (Lipinski definition) is 3. The Morgan fingerprint density at radius 1 is 1.06 bits per heavy atom. The zero-order valence-electron chi connectivity index (χ0n) is 27.7. The Kier molecular flexibility index (Phi) is 10.9. The van der Waals surface area contributed by atoms with Crippen LogP contribution in [0.5, 0.6) is 11.5 Å². The number of likely N-dealkylation sites (tertiary alicyclic amines) is 1. The van der Waals surface area contributed by atoms with Gasteiger partial charge >= 0.3 is 0 Å². The summed E-state index contributed by atoms with van der Waals surface area (Å²) in [4.78, 5) is 33.2. The fourth-order valence-corrected chi connectivity index (χ4v) is 6.96. The fourth-order valence-electron chi connectivity index (χ4n) is 6.25. The molecule has 12 heteroatoms. The molecule has 3 aromatic carbocycles. The Labute approximate surface area is 289 Å². The third-order valence-corrected chi connectivity index (χ3v) is 10.3. The van der Waals surface area contributed by atoms with Gasteiger partial charge < -0.3 is 24.3 Å². The van der Waals surface area contributed by atoms with Crippen molar-refractivity contribution in [2.45, 2.75) is 58.2 Å². The number of halogens is 1. The molecule has 49 heavy (non-hydrogen) atoms. The average Bonchev–Trinajstić information content (AvgIpc) is 3.11. The SMILES string of the molecule is CC(C)C(=N)SC(=N)c1ccc(Oc2cc(C(=O)NC3CCN(C4CCOCC4)CC3)c(F)cc2Cn2c(=O)cnc3ccccc32)cc1. The predicted octanol–water partition coefficient (Wildman–Crippen LogP) is 6.44. The summed E-state index contributed by atoms with van der Waals surface area (Å²) in [5.41, 5.74) is 1.70. The molecule has 3 N–H and O–H groups in total. The smallest absolute Gasteiger partial charge is 0.269 e. The van der Waals surface area contributed by atoms with Crippen molar-refractivity contribution in [2.75, 3.05) is 26.3 Å². The van der Waals surface area contributed by atoms with Crippen LogP contribution >= 0.6 is 11.8 Å². The molecular weight excluding hydrogens is 644 g/mol. The summed E-state index contributed by atoms with van der Waals surface area (Å²) in [6.45, 7) is 7.10. The van der Waals surface area contributed by atoms with Gasteiger partial charge in [-0.25, -0.2) is 9.37 Å². The highest BCUT2D eigenvalue weighted by molar-refractivity contribution is 8.26. The minimum atomic E-state index is -0.709. The van der Waals surface area contributed by atoms with Crippen LogP contribution in [0.1, 0.15) is 61.0 Å². The molecule has 2 fully saturated rings. The number of carbonyl (C=O) groups is 1. The number of ether oxygens (including phenoxy) is 2. The highest BCUT2D eigenvalue weighted by Crippen LogP contribution is 2.31. The number of amides is 1.